The maximum atomic E-state index is 12.9. The van der Waals surface area contributed by atoms with Crippen LogP contribution in [0.4, 0.5) is 4.79 Å². The van der Waals surface area contributed by atoms with E-state index in [0.29, 0.717) is 46.6 Å². The molecule has 0 saturated heterocycles. The third-order valence-corrected chi connectivity index (χ3v) is 10.4. The van der Waals surface area contributed by atoms with Gasteiger partial charge in [0.2, 0.25) is 17.7 Å². The molecule has 8 N–H and O–H groups in total. The number of carbonyl (C=O) groups excluding carboxylic acids is 4. The van der Waals surface area contributed by atoms with E-state index in [4.69, 9.17) is 58.0 Å². The Bertz CT molecular complexity index is 2980. The first-order valence-electron chi connectivity index (χ1n) is 23.1. The van der Waals surface area contributed by atoms with Gasteiger partial charge < -0.3 is 45.9 Å². The summed E-state index contributed by atoms with van der Waals surface area (Å²) in [5.41, 5.74) is 21.5. The summed E-state index contributed by atoms with van der Waals surface area (Å²) < 4.78 is 29.4. The maximum Gasteiger partial charge on any atom is 0.437 e. The van der Waals surface area contributed by atoms with Gasteiger partial charge in [-0.25, -0.2) is 14.6 Å². The lowest BCUT2D eigenvalue weighted by Crippen LogP contribution is -2.51. The second kappa shape index (κ2) is 31.6. The van der Waals surface area contributed by atoms with Crippen molar-refractivity contribution >= 4 is 59.4 Å². The van der Waals surface area contributed by atoms with Crippen LogP contribution in [0.25, 0.3) is 11.5 Å². The standard InChI is InChI=1S/C27H29ClN4O5.C25H23ClN2O4.C2H6N2O.CH4.ClH/c1-18(2)37-24-13-10-21(14-23(24)28)26(34)31-32(27(35)30-15-25(29)33)16-19-8-11-22(12-9-19)36-17-20-6-4-3-5-7-20;1-17(2)31-23-13-10-20(14-22(23)26)24-27-28(25(29)32-24)15-18-8-11-21(12-9-18)30-16-19-6-4-3-5-7-19;3-1-2(4)5;;/h3-14,18H,15-17H2,1-2H3,(H2,29,33)(H,30,35)(H,31,34);3-14,17H,15-16H2,1-2H3;1,3H2,(H2,4,5);1H4;1H. The molecule has 0 radical (unpaired) electrons. The Labute approximate surface area is 457 Å². The van der Waals surface area contributed by atoms with E-state index in [9.17, 15) is 24.0 Å². The molecule has 18 nitrogen and oxygen atoms in total. The number of hydrogen-bond donors (Lipinski definition) is 5. The number of carbonyl (C=O) groups is 4. The number of amides is 5. The second-order valence-corrected chi connectivity index (χ2v) is 17.4. The lowest BCUT2D eigenvalue weighted by molar-refractivity contribution is -0.117. The van der Waals surface area contributed by atoms with Gasteiger partial charge in [0.1, 0.15) is 36.2 Å². The monoisotopic (exact) mass is 1100 g/mol. The van der Waals surface area contributed by atoms with Crippen molar-refractivity contribution in [1.82, 2.24) is 25.5 Å². The van der Waals surface area contributed by atoms with E-state index in [-0.39, 0.29) is 74.7 Å². The number of ether oxygens (including phenoxy) is 4. The van der Waals surface area contributed by atoms with Crippen molar-refractivity contribution in [2.75, 3.05) is 13.1 Å². The highest BCUT2D eigenvalue weighted by Gasteiger charge is 2.20. The van der Waals surface area contributed by atoms with Crippen molar-refractivity contribution in [3.8, 4) is 34.5 Å². The largest absolute Gasteiger partial charge is 0.489 e. The van der Waals surface area contributed by atoms with Crippen LogP contribution in [0, 0.1) is 0 Å². The number of nitrogens with two attached hydrogens (primary N) is 3. The van der Waals surface area contributed by atoms with Crippen molar-refractivity contribution < 1.29 is 42.5 Å². The van der Waals surface area contributed by atoms with Gasteiger partial charge in [0.05, 0.1) is 48.4 Å². The van der Waals surface area contributed by atoms with E-state index in [1.807, 2.05) is 113 Å². The molecule has 6 aromatic carbocycles. The van der Waals surface area contributed by atoms with Gasteiger partial charge in [0, 0.05) is 11.1 Å². The molecule has 0 aliphatic carbocycles. The first-order valence-corrected chi connectivity index (χ1v) is 23.9. The average molecular weight is 1100 g/mol. The fourth-order valence-corrected chi connectivity index (χ4v) is 6.77. The molecule has 0 fully saturated rings. The number of nitrogens with zero attached hydrogens (tertiary/aromatic N) is 3. The third-order valence-electron chi connectivity index (χ3n) is 9.82. The predicted molar refractivity (Wildman–Crippen MR) is 296 cm³/mol. The van der Waals surface area contributed by atoms with Crippen LogP contribution in [0.2, 0.25) is 10.0 Å². The van der Waals surface area contributed by atoms with Gasteiger partial charge in [-0.2, -0.15) is 4.68 Å². The zero-order valence-corrected chi connectivity index (χ0v) is 43.9. The summed E-state index contributed by atoms with van der Waals surface area (Å²) in [6.45, 7) is 8.34. The van der Waals surface area contributed by atoms with Crippen LogP contribution in [0.5, 0.6) is 23.0 Å². The Morgan fingerprint density at radius 1 is 0.671 bits per heavy atom. The molecule has 7 aromatic rings. The van der Waals surface area contributed by atoms with Gasteiger partial charge in [-0.1, -0.05) is 116 Å². The maximum absolute atomic E-state index is 12.9. The zero-order chi connectivity index (χ0) is 53.6. The molecule has 0 spiro atoms. The van der Waals surface area contributed by atoms with Gasteiger partial charge in [0.15, 0.2) is 0 Å². The summed E-state index contributed by atoms with van der Waals surface area (Å²) in [4.78, 5) is 58.5. The zero-order valence-electron chi connectivity index (χ0n) is 41.6. The van der Waals surface area contributed by atoms with E-state index >= 15 is 0 Å². The van der Waals surface area contributed by atoms with E-state index in [0.717, 1.165) is 27.4 Å². The summed E-state index contributed by atoms with van der Waals surface area (Å²) in [5, 5.41) is 8.43. The van der Waals surface area contributed by atoms with E-state index in [2.05, 4.69) is 21.6 Å². The summed E-state index contributed by atoms with van der Waals surface area (Å²) in [6.07, 6.45) is -0.0811. The Balaban J connectivity index is 0.000000361. The highest BCUT2D eigenvalue weighted by atomic mass is 35.5. The lowest BCUT2D eigenvalue weighted by Gasteiger charge is -2.24. The van der Waals surface area contributed by atoms with Crippen LogP contribution >= 0.6 is 35.6 Å². The van der Waals surface area contributed by atoms with Gasteiger partial charge in [0.25, 0.3) is 5.91 Å². The fraction of sp³-hybridized carbons (Fsp3) is 0.236. The summed E-state index contributed by atoms with van der Waals surface area (Å²) in [7, 11) is 0. The minimum Gasteiger partial charge on any atom is -0.489 e. The number of nitrogens with one attached hydrogen (secondary N) is 2. The molecule has 0 aliphatic heterocycles. The number of halogens is 3. The highest BCUT2D eigenvalue weighted by Crippen LogP contribution is 2.30. The molecule has 0 atom stereocenters. The van der Waals surface area contributed by atoms with Crippen molar-refractivity contribution in [3.63, 3.8) is 0 Å². The Hall–Kier alpha value is -8.03. The lowest BCUT2D eigenvalue weighted by atomic mass is 10.2. The summed E-state index contributed by atoms with van der Waals surface area (Å²) in [6, 6.07) is 43.4. The number of benzene rings is 6. The normalized spacial score (nSPS) is 10.2. The van der Waals surface area contributed by atoms with Crippen LogP contribution in [0.1, 0.15) is 67.7 Å². The van der Waals surface area contributed by atoms with Gasteiger partial charge in [-0.3, -0.25) is 19.8 Å². The molecule has 7 rings (SSSR count). The smallest absolute Gasteiger partial charge is 0.437 e. The molecule has 404 valence electrons. The predicted octanol–water partition coefficient (Wildman–Crippen LogP) is 9.11. The highest BCUT2D eigenvalue weighted by molar-refractivity contribution is 6.32. The van der Waals surface area contributed by atoms with Crippen molar-refractivity contribution in [1.29, 1.82) is 0 Å². The number of hydrazine groups is 1. The molecule has 1 aromatic heterocycles. The molecule has 21 heteroatoms. The first-order chi connectivity index (χ1) is 35.5. The van der Waals surface area contributed by atoms with E-state index < -0.39 is 29.5 Å². The van der Waals surface area contributed by atoms with E-state index in [1.54, 1.807) is 48.5 Å². The summed E-state index contributed by atoms with van der Waals surface area (Å²) >= 11 is 12.5. The molecular weight excluding hydrogens is 1040 g/mol. The molecule has 5 amide bonds. The topological polar surface area (TPSA) is 259 Å². The Morgan fingerprint density at radius 2 is 1.16 bits per heavy atom. The van der Waals surface area contributed by atoms with Crippen molar-refractivity contribution in [2.24, 2.45) is 17.2 Å². The van der Waals surface area contributed by atoms with Gasteiger partial charge in [-0.05, 0) is 111 Å². The minimum absolute atomic E-state index is 0. The third kappa shape index (κ3) is 21.1. The molecule has 0 bridgehead atoms. The van der Waals surface area contributed by atoms with Crippen molar-refractivity contribution in [2.45, 2.75) is 73.6 Å². The van der Waals surface area contributed by atoms with Crippen LogP contribution in [-0.2, 0) is 35.9 Å². The molecular formula is C55H63Cl3N8O10. The van der Waals surface area contributed by atoms with Crippen LogP contribution in [-0.4, -0.2) is 63.8 Å². The van der Waals surface area contributed by atoms with Crippen molar-refractivity contribution in [3.05, 3.63) is 194 Å². The number of urea groups is 1. The number of aromatic nitrogens is 2. The van der Waals surface area contributed by atoms with Crippen LogP contribution in [0.15, 0.2) is 155 Å². The SMILES string of the molecule is C.CC(C)Oc1ccc(-c2nn(Cc3ccc(OCc4ccccc4)cc3)c(=O)o2)cc1Cl.CC(C)Oc1ccc(C(=O)NN(Cc2ccc(OCc3ccccc3)cc2)C(=O)NCC(N)=O)cc1Cl.Cl.NCC(N)=O. The fourth-order valence-electron chi connectivity index (χ4n) is 6.32. The summed E-state index contributed by atoms with van der Waals surface area (Å²) in [5.74, 6) is 0.329. The number of rotatable bonds is 19. The van der Waals surface area contributed by atoms with Gasteiger partial charge >= 0.3 is 11.8 Å². The number of primary amides is 2. The number of hydrogen-bond acceptors (Lipinski definition) is 12. The van der Waals surface area contributed by atoms with Crippen LogP contribution in [0.3, 0.4) is 0 Å². The van der Waals surface area contributed by atoms with Crippen LogP contribution < -0.4 is 52.6 Å². The Kier molecular flexibility index (Phi) is 25.9. The first kappa shape index (κ1) is 62.3. The average Bonchev–Trinajstić information content (AvgIpc) is 3.75. The molecule has 0 saturated carbocycles. The molecule has 76 heavy (non-hydrogen) atoms. The molecule has 0 unspecified atom stereocenters. The quantitative estimate of drug-likeness (QED) is 0.0475. The van der Waals surface area contributed by atoms with Gasteiger partial charge in [-0.15, -0.1) is 17.5 Å². The molecule has 0 aliphatic rings. The minimum atomic E-state index is -0.716. The second-order valence-electron chi connectivity index (χ2n) is 16.6. The van der Waals surface area contributed by atoms with E-state index in [1.165, 1.54) is 16.8 Å². The Morgan fingerprint density at radius 3 is 1.62 bits per heavy atom. The molecule has 1 heterocycles.